The lowest BCUT2D eigenvalue weighted by Crippen LogP contribution is -2.12. The van der Waals surface area contributed by atoms with E-state index >= 15 is 0 Å². The molecule has 7 nitrogen and oxygen atoms in total. The first-order valence-electron chi connectivity index (χ1n) is 9.50. The number of nitrogens with one attached hydrogen (secondary N) is 1. The number of ether oxygens (including phenoxy) is 1. The number of anilines is 1. The second-order valence-electron chi connectivity index (χ2n) is 6.90. The zero-order valence-corrected chi connectivity index (χ0v) is 18.3. The summed E-state index contributed by atoms with van der Waals surface area (Å²) in [6.45, 7) is 2.27. The largest absolute Gasteiger partial charge is 0.484 e. The van der Waals surface area contributed by atoms with Gasteiger partial charge in [-0.1, -0.05) is 41.4 Å². The van der Waals surface area contributed by atoms with Crippen LogP contribution < -0.4 is 10.1 Å². The number of aromatic nitrogens is 3. The van der Waals surface area contributed by atoms with Gasteiger partial charge < -0.3 is 9.15 Å². The smallest absolute Gasteiger partial charge is 0.293 e. The van der Waals surface area contributed by atoms with Gasteiger partial charge in [-0.25, -0.2) is 14.1 Å². The molecule has 0 saturated carbocycles. The molecule has 0 spiro atoms. The Morgan fingerprint density at radius 1 is 1.19 bits per heavy atom. The van der Waals surface area contributed by atoms with E-state index in [0.29, 0.717) is 22.1 Å². The van der Waals surface area contributed by atoms with Crippen molar-refractivity contribution < 1.29 is 18.3 Å². The highest BCUT2D eigenvalue weighted by atomic mass is 35.5. The molecule has 1 amide bonds. The number of carbonyl (C=O) groups is 1. The third-order valence-electron chi connectivity index (χ3n) is 4.52. The fourth-order valence-electron chi connectivity index (χ4n) is 2.94. The molecule has 0 aliphatic rings. The summed E-state index contributed by atoms with van der Waals surface area (Å²) in [5.74, 6) is 0.260. The molecule has 0 bridgehead atoms. The van der Waals surface area contributed by atoms with Crippen LogP contribution in [-0.2, 0) is 13.2 Å². The van der Waals surface area contributed by atoms with E-state index in [0.717, 1.165) is 5.56 Å². The van der Waals surface area contributed by atoms with Crippen molar-refractivity contribution in [1.82, 2.24) is 14.8 Å². The number of halogens is 3. The van der Waals surface area contributed by atoms with E-state index in [9.17, 15) is 9.18 Å². The van der Waals surface area contributed by atoms with Crippen LogP contribution in [0.2, 0.25) is 10.0 Å². The van der Waals surface area contributed by atoms with Gasteiger partial charge in [0.2, 0.25) is 5.95 Å². The summed E-state index contributed by atoms with van der Waals surface area (Å²) in [7, 11) is 0. The van der Waals surface area contributed by atoms with Crippen molar-refractivity contribution in [1.29, 1.82) is 0 Å². The fraction of sp³-hybridized carbons (Fsp3) is 0.136. The van der Waals surface area contributed by atoms with Gasteiger partial charge in [0.15, 0.2) is 5.76 Å². The van der Waals surface area contributed by atoms with Gasteiger partial charge in [-0.05, 0) is 48.4 Å². The Morgan fingerprint density at radius 3 is 2.81 bits per heavy atom. The second-order valence-corrected chi connectivity index (χ2v) is 7.71. The van der Waals surface area contributed by atoms with Crippen molar-refractivity contribution in [2.45, 2.75) is 20.1 Å². The molecule has 10 heteroatoms. The third-order valence-corrected chi connectivity index (χ3v) is 5.17. The molecule has 2 aromatic heterocycles. The number of hydrogen-bond donors (Lipinski definition) is 1. The van der Waals surface area contributed by atoms with Gasteiger partial charge >= 0.3 is 0 Å². The maximum Gasteiger partial charge on any atom is 0.293 e. The normalized spacial score (nSPS) is 10.9. The first-order chi connectivity index (χ1) is 15.4. The second kappa shape index (κ2) is 9.42. The maximum absolute atomic E-state index is 13.2. The number of para-hydroxylation sites is 1. The number of benzene rings is 2. The molecule has 0 atom stereocenters. The standard InChI is InChI=1S/C22H17Cl2FN4O3/c1-13-3-2-4-17(23)20(13)31-11-16-7-8-19(32-16)21(30)27-22-26-12-29(28-22)10-14-5-6-15(25)9-18(14)24/h2-9,12H,10-11H2,1H3,(H,27,28,30). The van der Waals surface area contributed by atoms with Crippen molar-refractivity contribution in [3.8, 4) is 5.75 Å². The first-order valence-corrected chi connectivity index (χ1v) is 10.3. The lowest BCUT2D eigenvalue weighted by Gasteiger charge is -2.09. The van der Waals surface area contributed by atoms with Crippen LogP contribution in [0.5, 0.6) is 5.75 Å². The zero-order chi connectivity index (χ0) is 22.7. The Balaban J connectivity index is 1.36. The van der Waals surface area contributed by atoms with Crippen LogP contribution in [0.25, 0.3) is 0 Å². The van der Waals surface area contributed by atoms with Crippen molar-refractivity contribution in [3.05, 3.63) is 93.4 Å². The lowest BCUT2D eigenvalue weighted by molar-refractivity contribution is 0.0991. The van der Waals surface area contributed by atoms with Crippen molar-refractivity contribution in [2.75, 3.05) is 5.32 Å². The van der Waals surface area contributed by atoms with Crippen molar-refractivity contribution >= 4 is 35.1 Å². The highest BCUT2D eigenvalue weighted by Crippen LogP contribution is 2.29. The Hall–Kier alpha value is -3.36. The first kappa shape index (κ1) is 21.9. The van der Waals surface area contributed by atoms with E-state index in [1.54, 1.807) is 18.2 Å². The molecular weight excluding hydrogens is 458 g/mol. The molecule has 164 valence electrons. The molecule has 1 N–H and O–H groups in total. The van der Waals surface area contributed by atoms with Gasteiger partial charge in [0.05, 0.1) is 11.6 Å². The highest BCUT2D eigenvalue weighted by Gasteiger charge is 2.15. The molecule has 32 heavy (non-hydrogen) atoms. The van der Waals surface area contributed by atoms with Crippen LogP contribution in [0.3, 0.4) is 0 Å². The van der Waals surface area contributed by atoms with Crippen molar-refractivity contribution in [3.63, 3.8) is 0 Å². The van der Waals surface area contributed by atoms with E-state index in [4.69, 9.17) is 32.4 Å². The number of amides is 1. The summed E-state index contributed by atoms with van der Waals surface area (Å²) >= 11 is 12.2. The van der Waals surface area contributed by atoms with E-state index in [1.165, 1.54) is 29.2 Å². The molecule has 2 heterocycles. The summed E-state index contributed by atoms with van der Waals surface area (Å²) < 4.78 is 25.9. The van der Waals surface area contributed by atoms with Crippen LogP contribution in [0.15, 0.2) is 59.3 Å². The maximum atomic E-state index is 13.2. The van der Waals surface area contributed by atoms with Crippen LogP contribution in [0.1, 0.15) is 27.4 Å². The molecule has 0 aliphatic heterocycles. The molecule has 0 aliphatic carbocycles. The molecule has 0 radical (unpaired) electrons. The quantitative estimate of drug-likeness (QED) is 0.382. The summed E-state index contributed by atoms with van der Waals surface area (Å²) in [6.07, 6.45) is 1.43. The molecule has 4 aromatic rings. The monoisotopic (exact) mass is 474 g/mol. The summed E-state index contributed by atoms with van der Waals surface area (Å²) in [4.78, 5) is 16.5. The SMILES string of the molecule is Cc1cccc(Cl)c1OCc1ccc(C(=O)Nc2ncn(Cc3ccc(F)cc3Cl)n2)o1. The minimum Gasteiger partial charge on any atom is -0.484 e. The van der Waals surface area contributed by atoms with Gasteiger partial charge in [0.25, 0.3) is 5.91 Å². The van der Waals surface area contributed by atoms with Gasteiger partial charge in [-0.3, -0.25) is 10.1 Å². The molecule has 0 fully saturated rings. The minimum atomic E-state index is -0.511. The molecule has 0 saturated heterocycles. The predicted molar refractivity (Wildman–Crippen MR) is 118 cm³/mol. The number of hydrogen-bond acceptors (Lipinski definition) is 5. The van der Waals surface area contributed by atoms with Gasteiger partial charge in [0.1, 0.15) is 30.3 Å². The van der Waals surface area contributed by atoms with Crippen LogP contribution >= 0.6 is 23.2 Å². The minimum absolute atomic E-state index is 0.0809. The van der Waals surface area contributed by atoms with Gasteiger partial charge in [0, 0.05) is 5.02 Å². The number of rotatable bonds is 7. The summed E-state index contributed by atoms with van der Waals surface area (Å²) in [5.41, 5.74) is 1.56. The number of carbonyl (C=O) groups excluding carboxylic acids is 1. The highest BCUT2D eigenvalue weighted by molar-refractivity contribution is 6.32. The van der Waals surface area contributed by atoms with E-state index < -0.39 is 11.7 Å². The molecule has 0 unspecified atom stereocenters. The topological polar surface area (TPSA) is 82.2 Å². The predicted octanol–water partition coefficient (Wildman–Crippen LogP) is 5.51. The Kier molecular flexibility index (Phi) is 6.43. The zero-order valence-electron chi connectivity index (χ0n) is 16.8. The summed E-state index contributed by atoms with van der Waals surface area (Å²) in [5, 5.41) is 7.52. The Morgan fingerprint density at radius 2 is 2.03 bits per heavy atom. The van der Waals surface area contributed by atoms with E-state index in [2.05, 4.69) is 15.4 Å². The van der Waals surface area contributed by atoms with Gasteiger partial charge in [-0.2, -0.15) is 0 Å². The molecular formula is C22H17Cl2FN4O3. The van der Waals surface area contributed by atoms with Crippen LogP contribution in [0, 0.1) is 12.7 Å². The third kappa shape index (κ3) is 5.09. The average molecular weight is 475 g/mol. The fourth-order valence-corrected chi connectivity index (χ4v) is 3.44. The number of aryl methyl sites for hydroxylation is 1. The Labute approximate surface area is 192 Å². The lowest BCUT2D eigenvalue weighted by atomic mass is 10.2. The van der Waals surface area contributed by atoms with Crippen LogP contribution in [0.4, 0.5) is 10.3 Å². The molecule has 4 rings (SSSR count). The Bertz CT molecular complexity index is 1250. The van der Waals surface area contributed by atoms with Crippen molar-refractivity contribution in [2.24, 2.45) is 0 Å². The van der Waals surface area contributed by atoms with E-state index in [1.807, 2.05) is 19.1 Å². The number of nitrogens with zero attached hydrogens (tertiary/aromatic N) is 3. The molecule has 2 aromatic carbocycles. The average Bonchev–Trinajstić information content (AvgIpc) is 3.39. The number of furan rings is 1. The van der Waals surface area contributed by atoms with Gasteiger partial charge in [-0.15, -0.1) is 5.10 Å². The summed E-state index contributed by atoms with van der Waals surface area (Å²) in [6, 6.07) is 12.7. The van der Waals surface area contributed by atoms with Crippen LogP contribution in [-0.4, -0.2) is 20.7 Å². The van der Waals surface area contributed by atoms with E-state index in [-0.39, 0.29) is 29.9 Å².